The molecule has 5 N–H and O–H groups in total. The van der Waals surface area contributed by atoms with Crippen LogP contribution in [0.25, 0.3) is 0 Å². The molecule has 0 aromatic rings. The Morgan fingerprint density at radius 3 is 1.57 bits per heavy atom. The Hall–Kier alpha value is 0.596. The maximum absolute atomic E-state index is 8.97. The largest absolute Gasteiger partial charge is 2.00 e. The molecule has 0 bridgehead atoms. The fourth-order valence-corrected chi connectivity index (χ4v) is 0. The molecule has 44 valence electrons. The predicted octanol–water partition coefficient (Wildman–Crippen LogP) is -2.23. The van der Waals surface area contributed by atoms with Crippen molar-refractivity contribution in [2.24, 2.45) is 5.14 Å². The molecule has 0 rings (SSSR count). The second kappa shape index (κ2) is 4.75. The summed E-state index contributed by atoms with van der Waals surface area (Å²) >= 11 is 0. The molecule has 7 heteroatoms. The zero-order valence-corrected chi connectivity index (χ0v) is 5.69. The fourth-order valence-electron chi connectivity index (χ4n) is 0. The van der Waals surface area contributed by atoms with E-state index in [2.05, 4.69) is 5.14 Å². The molecular weight excluding hydrogens is 134 g/mol. The maximum Gasteiger partial charge on any atom is 2.00 e. The summed E-state index contributed by atoms with van der Waals surface area (Å²) < 4.78 is 25.2. The van der Waals surface area contributed by atoms with Crippen LogP contribution in [0.4, 0.5) is 0 Å². The Bertz CT molecular complexity index is 102. The Morgan fingerprint density at radius 1 is 1.57 bits per heavy atom. The molecule has 0 spiro atoms. The smallest absolute Gasteiger partial charge is 1.00 e. The molecule has 0 aliphatic carbocycles. The average molecular weight is 141 g/mol. The van der Waals surface area contributed by atoms with Gasteiger partial charge in [0.05, 0.1) is 0 Å². The summed E-state index contributed by atoms with van der Waals surface area (Å²) in [6.07, 6.45) is 0. The van der Waals surface area contributed by atoms with Gasteiger partial charge in [-0.25, -0.2) is 5.14 Å². The van der Waals surface area contributed by atoms with Gasteiger partial charge in [-0.15, -0.1) is 0 Å². The van der Waals surface area contributed by atoms with Gasteiger partial charge in [0, 0.05) is 0 Å². The molecule has 0 saturated carbocycles. The van der Waals surface area contributed by atoms with Crippen LogP contribution in [0.1, 0.15) is 2.85 Å². The number of nitrogens with two attached hydrogens (primary N) is 1. The standard InChI is InChI=1S/Mg.H3NO3S.H2O.2H/c;1-5(2,3)4;;;/h;(H3,1,2,3,4);1H2;;/q+2;;;2*-1. The van der Waals surface area contributed by atoms with Crippen LogP contribution < -0.4 is 5.14 Å². The minimum absolute atomic E-state index is 0. The van der Waals surface area contributed by atoms with Crippen LogP contribution in [-0.2, 0) is 10.3 Å². The van der Waals surface area contributed by atoms with Gasteiger partial charge in [0.2, 0.25) is 0 Å². The Kier molecular flexibility index (Phi) is 10.6. The van der Waals surface area contributed by atoms with Crippen molar-refractivity contribution in [3.63, 3.8) is 0 Å². The SMILES string of the molecule is NS(=O)(=O)O.O.[H-].[H-].[Mg+2]. The topological polar surface area (TPSA) is 112 Å². The van der Waals surface area contributed by atoms with Crippen molar-refractivity contribution in [3.05, 3.63) is 0 Å². The maximum atomic E-state index is 8.97. The summed E-state index contributed by atoms with van der Waals surface area (Å²) in [7, 11) is -4.17. The summed E-state index contributed by atoms with van der Waals surface area (Å²) in [5.41, 5.74) is 0. The summed E-state index contributed by atoms with van der Waals surface area (Å²) in [5.74, 6) is 0. The van der Waals surface area contributed by atoms with Crippen molar-refractivity contribution in [2.75, 3.05) is 0 Å². The second-order valence-corrected chi connectivity index (χ2v) is 1.54. The normalized spacial score (nSPS) is 8.29. The quantitative estimate of drug-likeness (QED) is 0.294. The molecule has 0 amide bonds. The van der Waals surface area contributed by atoms with E-state index < -0.39 is 10.3 Å². The van der Waals surface area contributed by atoms with Gasteiger partial charge in [0.15, 0.2) is 0 Å². The van der Waals surface area contributed by atoms with Crippen molar-refractivity contribution in [1.82, 2.24) is 0 Å². The summed E-state index contributed by atoms with van der Waals surface area (Å²) in [6.45, 7) is 0. The van der Waals surface area contributed by atoms with Gasteiger partial charge in [0.25, 0.3) is 0 Å². The summed E-state index contributed by atoms with van der Waals surface area (Å²) in [6, 6.07) is 0. The molecule has 0 saturated heterocycles. The Labute approximate surface area is 60.2 Å². The third kappa shape index (κ3) is 392. The molecule has 0 aliphatic rings. The third-order valence-electron chi connectivity index (χ3n) is 0. The van der Waals surface area contributed by atoms with Crippen LogP contribution in [-0.4, -0.2) is 41.5 Å². The zero-order valence-electron chi connectivity index (χ0n) is 5.46. The van der Waals surface area contributed by atoms with E-state index in [1.807, 2.05) is 0 Å². The minimum atomic E-state index is -4.17. The van der Waals surface area contributed by atoms with Crippen LogP contribution in [0.3, 0.4) is 0 Å². The van der Waals surface area contributed by atoms with E-state index in [1.54, 1.807) is 0 Å². The predicted molar refractivity (Wildman–Crippen MR) is 27.3 cm³/mol. The van der Waals surface area contributed by atoms with Crippen LogP contribution in [0.5, 0.6) is 0 Å². The summed E-state index contributed by atoms with van der Waals surface area (Å²) in [5, 5.41) is 3.88. The van der Waals surface area contributed by atoms with Gasteiger partial charge in [-0.3, -0.25) is 4.55 Å². The first-order chi connectivity index (χ1) is 2.00. The molecule has 0 aromatic carbocycles. The van der Waals surface area contributed by atoms with Crippen molar-refractivity contribution >= 4 is 33.4 Å². The van der Waals surface area contributed by atoms with E-state index in [9.17, 15) is 0 Å². The van der Waals surface area contributed by atoms with E-state index in [4.69, 9.17) is 13.0 Å². The molecule has 0 aromatic heterocycles. The molecular formula is H7MgNO4S. The van der Waals surface area contributed by atoms with Gasteiger partial charge in [0.1, 0.15) is 0 Å². The van der Waals surface area contributed by atoms with E-state index in [0.29, 0.717) is 0 Å². The van der Waals surface area contributed by atoms with E-state index in [1.165, 1.54) is 0 Å². The molecule has 0 aliphatic heterocycles. The van der Waals surface area contributed by atoms with Crippen LogP contribution in [0.2, 0.25) is 0 Å². The van der Waals surface area contributed by atoms with Crippen molar-refractivity contribution in [1.29, 1.82) is 0 Å². The molecule has 0 radical (unpaired) electrons. The van der Waals surface area contributed by atoms with Gasteiger partial charge in [-0.1, -0.05) is 0 Å². The average Bonchev–Trinajstić information content (AvgIpc) is 0.722. The molecule has 0 heterocycles. The van der Waals surface area contributed by atoms with Gasteiger partial charge >= 0.3 is 33.4 Å². The van der Waals surface area contributed by atoms with Gasteiger partial charge < -0.3 is 8.33 Å². The summed E-state index contributed by atoms with van der Waals surface area (Å²) in [4.78, 5) is 0. The first-order valence-corrected chi connectivity index (χ1v) is 2.25. The van der Waals surface area contributed by atoms with E-state index in [0.717, 1.165) is 0 Å². The van der Waals surface area contributed by atoms with E-state index in [-0.39, 0.29) is 31.4 Å². The van der Waals surface area contributed by atoms with E-state index >= 15 is 0 Å². The Morgan fingerprint density at radius 2 is 1.57 bits per heavy atom. The molecule has 0 unspecified atom stereocenters. The van der Waals surface area contributed by atoms with Crippen molar-refractivity contribution < 1.29 is 21.3 Å². The van der Waals surface area contributed by atoms with Crippen molar-refractivity contribution in [3.8, 4) is 0 Å². The molecule has 0 fully saturated rings. The van der Waals surface area contributed by atoms with Crippen molar-refractivity contribution in [2.45, 2.75) is 0 Å². The Balaban J connectivity index is -0.0000000133. The second-order valence-electron chi connectivity index (χ2n) is 0.515. The number of hydrogen-bond donors (Lipinski definition) is 2. The fraction of sp³-hybridized carbons (Fsp3) is 0. The third-order valence-corrected chi connectivity index (χ3v) is 0. The zero-order chi connectivity index (χ0) is 4.50. The molecule has 0 atom stereocenters. The monoisotopic (exact) mass is 141 g/mol. The number of hydrogen-bond acceptors (Lipinski definition) is 2. The van der Waals surface area contributed by atoms with Gasteiger partial charge in [-0.05, 0) is 0 Å². The van der Waals surface area contributed by atoms with Crippen LogP contribution >= 0.6 is 0 Å². The molecule has 5 nitrogen and oxygen atoms in total. The van der Waals surface area contributed by atoms with Crippen LogP contribution in [0.15, 0.2) is 0 Å². The first kappa shape index (κ1) is 15.6. The van der Waals surface area contributed by atoms with Crippen LogP contribution in [0, 0.1) is 0 Å². The number of rotatable bonds is 0. The van der Waals surface area contributed by atoms with Gasteiger partial charge in [-0.2, -0.15) is 8.42 Å². The first-order valence-electron chi connectivity index (χ1n) is 0.752. The molecule has 7 heavy (non-hydrogen) atoms. The minimum Gasteiger partial charge on any atom is -1.00 e.